The van der Waals surface area contributed by atoms with Crippen molar-refractivity contribution in [2.45, 2.75) is 51.5 Å². The minimum atomic E-state index is -0.283. The van der Waals surface area contributed by atoms with Gasteiger partial charge in [-0.25, -0.2) is 0 Å². The highest BCUT2D eigenvalue weighted by atomic mass is 16.5. The summed E-state index contributed by atoms with van der Waals surface area (Å²) in [6.07, 6.45) is 5.86. The molecule has 1 amide bonds. The molecule has 2 atom stereocenters. The SMILES string of the molecule is CC1CCCCC1NC(=O)COC(=O)C1CCN(c2nc3ccccc3o2)CC1. The quantitative estimate of drug-likeness (QED) is 0.777. The second-order valence-electron chi connectivity index (χ2n) is 8.27. The number of hydrogen-bond donors (Lipinski definition) is 1. The van der Waals surface area contributed by atoms with Crippen LogP contribution in [0.4, 0.5) is 6.01 Å². The Morgan fingerprint density at radius 3 is 2.69 bits per heavy atom. The van der Waals surface area contributed by atoms with Crippen molar-refractivity contribution < 1.29 is 18.7 Å². The first-order valence-electron chi connectivity index (χ1n) is 10.7. The van der Waals surface area contributed by atoms with Gasteiger partial charge in [-0.3, -0.25) is 9.59 Å². The van der Waals surface area contributed by atoms with Crippen LogP contribution in [0, 0.1) is 11.8 Å². The molecule has 1 saturated heterocycles. The average molecular weight is 399 g/mol. The molecule has 1 aliphatic heterocycles. The topological polar surface area (TPSA) is 84.7 Å². The van der Waals surface area contributed by atoms with Crippen LogP contribution in [0.5, 0.6) is 0 Å². The van der Waals surface area contributed by atoms with Gasteiger partial charge in [0.15, 0.2) is 12.2 Å². The first kappa shape index (κ1) is 19.7. The number of amides is 1. The average Bonchev–Trinajstić information content (AvgIpc) is 3.18. The molecule has 1 N–H and O–H groups in total. The fourth-order valence-electron chi connectivity index (χ4n) is 4.34. The van der Waals surface area contributed by atoms with Crippen molar-refractivity contribution in [3.63, 3.8) is 0 Å². The third-order valence-corrected chi connectivity index (χ3v) is 6.18. The van der Waals surface area contributed by atoms with E-state index in [-0.39, 0.29) is 30.4 Å². The lowest BCUT2D eigenvalue weighted by Gasteiger charge is -2.30. The Bertz CT molecular complexity index is 824. The molecule has 2 aromatic rings. The Balaban J connectivity index is 1.22. The molecule has 1 aliphatic carbocycles. The third kappa shape index (κ3) is 4.71. The largest absolute Gasteiger partial charge is 0.455 e. The van der Waals surface area contributed by atoms with Crippen molar-refractivity contribution in [1.82, 2.24) is 10.3 Å². The van der Waals surface area contributed by atoms with E-state index in [1.807, 2.05) is 24.3 Å². The molecule has 2 unspecified atom stereocenters. The maximum Gasteiger partial charge on any atom is 0.309 e. The summed E-state index contributed by atoms with van der Waals surface area (Å²) in [5, 5.41) is 3.02. The number of hydrogen-bond acceptors (Lipinski definition) is 6. The number of carbonyl (C=O) groups excluding carboxylic acids is 2. The van der Waals surface area contributed by atoms with Crippen molar-refractivity contribution in [1.29, 1.82) is 0 Å². The van der Waals surface area contributed by atoms with Crippen LogP contribution in [0.15, 0.2) is 28.7 Å². The van der Waals surface area contributed by atoms with Crippen molar-refractivity contribution in [3.05, 3.63) is 24.3 Å². The molecule has 1 saturated carbocycles. The van der Waals surface area contributed by atoms with E-state index in [0.29, 0.717) is 37.9 Å². The molecule has 4 rings (SSSR count). The van der Waals surface area contributed by atoms with Crippen LogP contribution >= 0.6 is 0 Å². The summed E-state index contributed by atoms with van der Waals surface area (Å²) in [5.74, 6) is -0.174. The van der Waals surface area contributed by atoms with E-state index in [1.54, 1.807) is 0 Å². The van der Waals surface area contributed by atoms with Gasteiger partial charge in [-0.05, 0) is 43.7 Å². The molecule has 7 heteroatoms. The molecule has 1 aromatic carbocycles. The van der Waals surface area contributed by atoms with Crippen LogP contribution < -0.4 is 10.2 Å². The molecule has 7 nitrogen and oxygen atoms in total. The number of oxazole rings is 1. The first-order chi connectivity index (χ1) is 14.1. The summed E-state index contributed by atoms with van der Waals surface area (Å²) >= 11 is 0. The van der Waals surface area contributed by atoms with E-state index in [0.717, 1.165) is 30.4 Å². The number of nitrogens with zero attached hydrogens (tertiary/aromatic N) is 2. The maximum atomic E-state index is 12.4. The number of aromatic nitrogens is 1. The highest BCUT2D eigenvalue weighted by molar-refractivity contribution is 5.81. The zero-order valence-electron chi connectivity index (χ0n) is 16.9. The Kier molecular flexibility index (Phi) is 6.02. The summed E-state index contributed by atoms with van der Waals surface area (Å²) in [6, 6.07) is 8.47. The summed E-state index contributed by atoms with van der Waals surface area (Å²) in [4.78, 5) is 31.1. The monoisotopic (exact) mass is 399 g/mol. The highest BCUT2D eigenvalue weighted by Crippen LogP contribution is 2.27. The lowest BCUT2D eigenvalue weighted by atomic mass is 9.86. The number of carbonyl (C=O) groups is 2. The predicted molar refractivity (Wildman–Crippen MR) is 109 cm³/mol. The molecular weight excluding hydrogens is 370 g/mol. The van der Waals surface area contributed by atoms with E-state index < -0.39 is 0 Å². The van der Waals surface area contributed by atoms with E-state index in [9.17, 15) is 9.59 Å². The first-order valence-corrected chi connectivity index (χ1v) is 10.7. The lowest BCUT2D eigenvalue weighted by molar-refractivity contribution is -0.153. The van der Waals surface area contributed by atoms with E-state index >= 15 is 0 Å². The van der Waals surface area contributed by atoms with Gasteiger partial charge in [-0.1, -0.05) is 31.9 Å². The van der Waals surface area contributed by atoms with Gasteiger partial charge in [-0.2, -0.15) is 4.98 Å². The number of para-hydroxylation sites is 2. The van der Waals surface area contributed by atoms with Crippen LogP contribution in [-0.4, -0.2) is 42.6 Å². The van der Waals surface area contributed by atoms with Gasteiger partial charge in [0.1, 0.15) is 5.52 Å². The van der Waals surface area contributed by atoms with Crippen molar-refractivity contribution >= 4 is 29.0 Å². The van der Waals surface area contributed by atoms with Gasteiger partial charge in [0.2, 0.25) is 0 Å². The standard InChI is InChI=1S/C22H29N3O4/c1-15-6-2-3-7-17(15)23-20(26)14-28-21(27)16-10-12-25(13-11-16)22-24-18-8-4-5-9-19(18)29-22/h4-5,8-9,15-17H,2-3,6-7,10-14H2,1H3,(H,23,26). The number of nitrogens with one attached hydrogen (secondary N) is 1. The number of fused-ring (bicyclic) bond motifs is 1. The fourth-order valence-corrected chi connectivity index (χ4v) is 4.34. The van der Waals surface area contributed by atoms with Crippen LogP contribution in [-0.2, 0) is 14.3 Å². The second kappa shape index (κ2) is 8.84. The Hall–Kier alpha value is -2.57. The summed E-state index contributed by atoms with van der Waals surface area (Å²) < 4.78 is 11.1. The molecule has 29 heavy (non-hydrogen) atoms. The van der Waals surface area contributed by atoms with Gasteiger partial charge in [-0.15, -0.1) is 0 Å². The molecule has 2 aliphatic rings. The molecule has 2 fully saturated rings. The van der Waals surface area contributed by atoms with Crippen LogP contribution in [0.25, 0.3) is 11.1 Å². The normalized spacial score (nSPS) is 23.1. The number of piperidine rings is 1. The molecule has 2 heterocycles. The second-order valence-corrected chi connectivity index (χ2v) is 8.27. The number of esters is 1. The summed E-state index contributed by atoms with van der Waals surface area (Å²) in [6.45, 7) is 3.34. The maximum absolute atomic E-state index is 12.4. The Morgan fingerprint density at radius 1 is 1.17 bits per heavy atom. The van der Waals surface area contributed by atoms with Crippen molar-refractivity contribution in [3.8, 4) is 0 Å². The number of ether oxygens (including phenoxy) is 1. The zero-order valence-corrected chi connectivity index (χ0v) is 16.9. The van der Waals surface area contributed by atoms with Gasteiger partial charge in [0, 0.05) is 19.1 Å². The van der Waals surface area contributed by atoms with Crippen LogP contribution in [0.3, 0.4) is 0 Å². The van der Waals surface area contributed by atoms with Gasteiger partial charge < -0.3 is 19.4 Å². The van der Waals surface area contributed by atoms with Crippen molar-refractivity contribution in [2.24, 2.45) is 11.8 Å². The van der Waals surface area contributed by atoms with E-state index in [2.05, 4.69) is 22.1 Å². The minimum absolute atomic E-state index is 0.183. The van der Waals surface area contributed by atoms with E-state index in [1.165, 1.54) is 6.42 Å². The molecule has 0 radical (unpaired) electrons. The van der Waals surface area contributed by atoms with Crippen LogP contribution in [0.2, 0.25) is 0 Å². The zero-order chi connectivity index (χ0) is 20.2. The lowest BCUT2D eigenvalue weighted by Crippen LogP contribution is -2.43. The molecular formula is C22H29N3O4. The summed E-state index contributed by atoms with van der Waals surface area (Å²) in [5.41, 5.74) is 1.60. The fraction of sp³-hybridized carbons (Fsp3) is 0.591. The molecule has 0 spiro atoms. The van der Waals surface area contributed by atoms with Gasteiger partial charge in [0.05, 0.1) is 5.92 Å². The smallest absolute Gasteiger partial charge is 0.309 e. The van der Waals surface area contributed by atoms with Gasteiger partial charge in [0.25, 0.3) is 11.9 Å². The highest BCUT2D eigenvalue weighted by Gasteiger charge is 2.29. The molecule has 156 valence electrons. The Morgan fingerprint density at radius 2 is 1.93 bits per heavy atom. The molecule has 0 bridgehead atoms. The molecule has 1 aromatic heterocycles. The van der Waals surface area contributed by atoms with Crippen molar-refractivity contribution in [2.75, 3.05) is 24.6 Å². The number of anilines is 1. The number of rotatable bonds is 5. The Labute approximate surface area is 170 Å². The van der Waals surface area contributed by atoms with E-state index in [4.69, 9.17) is 9.15 Å². The van der Waals surface area contributed by atoms with Gasteiger partial charge >= 0.3 is 5.97 Å². The predicted octanol–water partition coefficient (Wildman–Crippen LogP) is 3.28. The third-order valence-electron chi connectivity index (χ3n) is 6.18. The van der Waals surface area contributed by atoms with Crippen LogP contribution in [0.1, 0.15) is 45.4 Å². The number of benzene rings is 1. The minimum Gasteiger partial charge on any atom is -0.455 e. The summed E-state index contributed by atoms with van der Waals surface area (Å²) in [7, 11) is 0.